The highest BCUT2D eigenvalue weighted by Crippen LogP contribution is 2.31. The number of nitrogens with zero attached hydrogens (tertiary/aromatic N) is 1. The summed E-state index contributed by atoms with van der Waals surface area (Å²) in [6, 6.07) is 0.0468. The molecule has 1 aliphatic carbocycles. The van der Waals surface area contributed by atoms with E-state index in [1.165, 1.54) is 0 Å². The number of nitrogens with two attached hydrogens (primary N) is 1. The topological polar surface area (TPSA) is 66.6 Å². The van der Waals surface area contributed by atoms with Gasteiger partial charge in [0.1, 0.15) is 0 Å². The summed E-state index contributed by atoms with van der Waals surface area (Å²) in [5.74, 6) is 1.39. The Hall–Kier alpha value is -0.610. The number of amides is 1. The Labute approximate surface area is 110 Å². The van der Waals surface area contributed by atoms with E-state index in [-0.39, 0.29) is 24.5 Å². The van der Waals surface area contributed by atoms with Crippen LogP contribution in [0.3, 0.4) is 0 Å². The van der Waals surface area contributed by atoms with Crippen LogP contribution in [0.5, 0.6) is 0 Å². The van der Waals surface area contributed by atoms with Gasteiger partial charge in [-0.2, -0.15) is 0 Å². The van der Waals surface area contributed by atoms with Crippen LogP contribution < -0.4 is 5.73 Å². The van der Waals surface area contributed by atoms with Crippen molar-refractivity contribution in [3.8, 4) is 0 Å². The normalized spacial score (nSPS) is 36.9. The standard InChI is InChI=1S/C14H26N2O2/c1-10-2-3-13(15)12(8-10)14(18)16-6-4-11(9-16)5-7-17/h10-13,17H,2-9,15H2,1H3. The summed E-state index contributed by atoms with van der Waals surface area (Å²) in [5, 5.41) is 8.95. The number of carbonyl (C=O) groups is 1. The quantitative estimate of drug-likeness (QED) is 0.789. The van der Waals surface area contributed by atoms with E-state index in [2.05, 4.69) is 6.92 Å². The lowest BCUT2D eigenvalue weighted by atomic mass is 9.78. The fourth-order valence-electron chi connectivity index (χ4n) is 3.37. The lowest BCUT2D eigenvalue weighted by Crippen LogP contribution is -2.46. The summed E-state index contributed by atoms with van der Waals surface area (Å²) in [4.78, 5) is 14.5. The fourth-order valence-corrected chi connectivity index (χ4v) is 3.37. The predicted octanol–water partition coefficient (Wildman–Crippen LogP) is 0.981. The van der Waals surface area contributed by atoms with Crippen LogP contribution >= 0.6 is 0 Å². The molecule has 0 spiro atoms. The van der Waals surface area contributed by atoms with E-state index in [0.29, 0.717) is 11.8 Å². The predicted molar refractivity (Wildman–Crippen MR) is 70.9 cm³/mol. The van der Waals surface area contributed by atoms with Crippen LogP contribution in [0.1, 0.15) is 39.0 Å². The van der Waals surface area contributed by atoms with Gasteiger partial charge in [0.05, 0.1) is 5.92 Å². The van der Waals surface area contributed by atoms with Crippen LogP contribution in [0.4, 0.5) is 0 Å². The molecule has 2 aliphatic rings. The van der Waals surface area contributed by atoms with Crippen LogP contribution in [0, 0.1) is 17.8 Å². The number of hydrogen-bond acceptors (Lipinski definition) is 3. The SMILES string of the molecule is CC1CCC(N)C(C(=O)N2CCC(CCO)C2)C1. The molecule has 2 fully saturated rings. The van der Waals surface area contributed by atoms with Crippen LogP contribution in [-0.2, 0) is 4.79 Å². The van der Waals surface area contributed by atoms with Gasteiger partial charge in [-0.15, -0.1) is 0 Å². The van der Waals surface area contributed by atoms with Crippen LogP contribution in [0.15, 0.2) is 0 Å². The van der Waals surface area contributed by atoms with Crippen molar-refractivity contribution in [1.29, 1.82) is 0 Å². The van der Waals surface area contributed by atoms with E-state index in [9.17, 15) is 4.79 Å². The van der Waals surface area contributed by atoms with E-state index in [4.69, 9.17) is 10.8 Å². The Morgan fingerprint density at radius 1 is 1.39 bits per heavy atom. The van der Waals surface area contributed by atoms with Gasteiger partial charge < -0.3 is 15.7 Å². The zero-order chi connectivity index (χ0) is 13.1. The van der Waals surface area contributed by atoms with E-state index in [0.717, 1.165) is 45.2 Å². The number of aliphatic hydroxyl groups excluding tert-OH is 1. The maximum Gasteiger partial charge on any atom is 0.227 e. The second-order valence-electron chi connectivity index (χ2n) is 6.14. The van der Waals surface area contributed by atoms with Crippen molar-refractivity contribution in [3.63, 3.8) is 0 Å². The van der Waals surface area contributed by atoms with Gasteiger partial charge in [0.2, 0.25) is 5.91 Å². The van der Waals surface area contributed by atoms with Gasteiger partial charge in [-0.3, -0.25) is 4.79 Å². The molecule has 1 amide bonds. The fraction of sp³-hybridized carbons (Fsp3) is 0.929. The van der Waals surface area contributed by atoms with Crippen molar-refractivity contribution in [1.82, 2.24) is 4.90 Å². The second-order valence-corrected chi connectivity index (χ2v) is 6.14. The Bertz CT molecular complexity index is 296. The van der Waals surface area contributed by atoms with Crippen molar-refractivity contribution < 1.29 is 9.90 Å². The molecule has 0 radical (unpaired) electrons. The molecule has 0 aromatic rings. The van der Waals surface area contributed by atoms with Crippen molar-refractivity contribution in [3.05, 3.63) is 0 Å². The number of aliphatic hydroxyl groups is 1. The van der Waals surface area contributed by atoms with Crippen LogP contribution in [-0.4, -0.2) is 41.7 Å². The average molecular weight is 254 g/mol. The molecule has 0 bridgehead atoms. The second kappa shape index (κ2) is 6.02. The highest BCUT2D eigenvalue weighted by atomic mass is 16.3. The van der Waals surface area contributed by atoms with Crippen molar-refractivity contribution >= 4 is 5.91 Å². The minimum Gasteiger partial charge on any atom is -0.396 e. The molecule has 1 aliphatic heterocycles. The first-order valence-electron chi connectivity index (χ1n) is 7.27. The molecule has 104 valence electrons. The first-order valence-corrected chi connectivity index (χ1v) is 7.27. The molecule has 4 unspecified atom stereocenters. The summed E-state index contributed by atoms with van der Waals surface area (Å²) < 4.78 is 0. The summed E-state index contributed by atoms with van der Waals surface area (Å²) in [6.45, 7) is 4.11. The van der Waals surface area contributed by atoms with E-state index in [1.807, 2.05) is 4.90 Å². The smallest absolute Gasteiger partial charge is 0.227 e. The summed E-state index contributed by atoms with van der Waals surface area (Å²) in [6.07, 6.45) is 4.92. The van der Waals surface area contributed by atoms with Crippen molar-refractivity contribution in [2.24, 2.45) is 23.5 Å². The summed E-state index contributed by atoms with van der Waals surface area (Å²) in [7, 11) is 0. The van der Waals surface area contributed by atoms with Gasteiger partial charge in [-0.05, 0) is 43.9 Å². The third-order valence-corrected chi connectivity index (χ3v) is 4.62. The van der Waals surface area contributed by atoms with Gasteiger partial charge in [0.15, 0.2) is 0 Å². The number of rotatable bonds is 3. The molecule has 2 rings (SSSR count). The summed E-state index contributed by atoms with van der Waals surface area (Å²) in [5.41, 5.74) is 6.12. The van der Waals surface area contributed by atoms with Gasteiger partial charge in [-0.25, -0.2) is 0 Å². The lowest BCUT2D eigenvalue weighted by Gasteiger charge is -2.34. The molecule has 1 saturated heterocycles. The van der Waals surface area contributed by atoms with Gasteiger partial charge in [-0.1, -0.05) is 6.92 Å². The highest BCUT2D eigenvalue weighted by molar-refractivity contribution is 5.80. The highest BCUT2D eigenvalue weighted by Gasteiger charge is 2.36. The van der Waals surface area contributed by atoms with Gasteiger partial charge >= 0.3 is 0 Å². The Kier molecular flexibility index (Phi) is 4.62. The molecule has 4 heteroatoms. The largest absolute Gasteiger partial charge is 0.396 e. The first kappa shape index (κ1) is 13.8. The lowest BCUT2D eigenvalue weighted by molar-refractivity contribution is -0.136. The molecule has 1 saturated carbocycles. The molecule has 4 atom stereocenters. The number of likely N-dealkylation sites (tertiary alicyclic amines) is 1. The van der Waals surface area contributed by atoms with E-state index < -0.39 is 0 Å². The van der Waals surface area contributed by atoms with Crippen molar-refractivity contribution in [2.75, 3.05) is 19.7 Å². The summed E-state index contributed by atoms with van der Waals surface area (Å²) >= 11 is 0. The molecular weight excluding hydrogens is 228 g/mol. The van der Waals surface area contributed by atoms with E-state index >= 15 is 0 Å². The molecular formula is C14H26N2O2. The zero-order valence-corrected chi connectivity index (χ0v) is 11.3. The third kappa shape index (κ3) is 3.04. The minimum atomic E-state index is 0.0293. The van der Waals surface area contributed by atoms with Crippen LogP contribution in [0.2, 0.25) is 0 Å². The number of hydrogen-bond donors (Lipinski definition) is 2. The molecule has 4 nitrogen and oxygen atoms in total. The Morgan fingerprint density at radius 2 is 2.17 bits per heavy atom. The molecule has 1 heterocycles. The van der Waals surface area contributed by atoms with Gasteiger partial charge in [0, 0.05) is 25.7 Å². The Balaban J connectivity index is 1.90. The molecule has 3 N–H and O–H groups in total. The Morgan fingerprint density at radius 3 is 2.89 bits per heavy atom. The maximum absolute atomic E-state index is 12.5. The average Bonchev–Trinajstić information content (AvgIpc) is 2.80. The zero-order valence-electron chi connectivity index (χ0n) is 11.3. The molecule has 18 heavy (non-hydrogen) atoms. The van der Waals surface area contributed by atoms with Crippen molar-refractivity contribution in [2.45, 2.75) is 45.1 Å². The van der Waals surface area contributed by atoms with Gasteiger partial charge in [0.25, 0.3) is 0 Å². The van der Waals surface area contributed by atoms with E-state index in [1.54, 1.807) is 0 Å². The minimum absolute atomic E-state index is 0.0293. The maximum atomic E-state index is 12.5. The molecule has 0 aromatic heterocycles. The number of carbonyl (C=O) groups excluding carboxylic acids is 1. The first-order chi connectivity index (χ1) is 8.61. The van der Waals surface area contributed by atoms with Crippen LogP contribution in [0.25, 0.3) is 0 Å². The molecule has 0 aromatic carbocycles. The third-order valence-electron chi connectivity index (χ3n) is 4.62. The monoisotopic (exact) mass is 254 g/mol.